The van der Waals surface area contributed by atoms with Gasteiger partial charge in [-0.2, -0.15) is 0 Å². The summed E-state index contributed by atoms with van der Waals surface area (Å²) in [6.07, 6.45) is -0.0656. The standard InChI is InChI=1S/C15H19BrFNO2/c1-7-5-11(16)12(17)6-13(7)18-15(19)14-8(2)9(3)20-10(14)4/h5-6,8-10,14H,1-4H3,(H,18,19). The van der Waals surface area contributed by atoms with E-state index in [0.717, 1.165) is 5.56 Å². The minimum atomic E-state index is -0.386. The number of aryl methyl sites for hydroxylation is 1. The Morgan fingerprint density at radius 2 is 1.95 bits per heavy atom. The molecule has 1 N–H and O–H groups in total. The summed E-state index contributed by atoms with van der Waals surface area (Å²) in [5, 5.41) is 2.82. The molecule has 20 heavy (non-hydrogen) atoms. The van der Waals surface area contributed by atoms with E-state index in [4.69, 9.17) is 4.74 Å². The van der Waals surface area contributed by atoms with Crippen molar-refractivity contribution in [1.29, 1.82) is 0 Å². The fraction of sp³-hybridized carbons (Fsp3) is 0.533. The molecule has 1 aromatic rings. The highest BCUT2D eigenvalue weighted by Crippen LogP contribution is 2.33. The SMILES string of the molecule is Cc1cc(Br)c(F)cc1NC(=O)C1C(C)OC(C)C1C. The van der Waals surface area contributed by atoms with Gasteiger partial charge in [0, 0.05) is 5.69 Å². The van der Waals surface area contributed by atoms with Crippen LogP contribution in [0, 0.1) is 24.6 Å². The molecule has 0 spiro atoms. The maximum absolute atomic E-state index is 13.6. The Morgan fingerprint density at radius 1 is 1.30 bits per heavy atom. The quantitative estimate of drug-likeness (QED) is 0.884. The van der Waals surface area contributed by atoms with Crippen molar-refractivity contribution in [3.8, 4) is 0 Å². The van der Waals surface area contributed by atoms with Gasteiger partial charge in [0.1, 0.15) is 5.82 Å². The van der Waals surface area contributed by atoms with Crippen LogP contribution in [0.3, 0.4) is 0 Å². The lowest BCUT2D eigenvalue weighted by atomic mass is 9.88. The van der Waals surface area contributed by atoms with Gasteiger partial charge in [0.15, 0.2) is 0 Å². The monoisotopic (exact) mass is 343 g/mol. The first-order valence-electron chi connectivity index (χ1n) is 6.73. The minimum absolute atomic E-state index is 0.0588. The summed E-state index contributed by atoms with van der Waals surface area (Å²) in [7, 11) is 0. The van der Waals surface area contributed by atoms with Gasteiger partial charge in [-0.15, -0.1) is 0 Å². The van der Waals surface area contributed by atoms with Crippen molar-refractivity contribution in [2.24, 2.45) is 11.8 Å². The molecule has 1 aliphatic rings. The zero-order chi connectivity index (χ0) is 15.0. The lowest BCUT2D eigenvalue weighted by Crippen LogP contribution is -2.32. The minimum Gasteiger partial charge on any atom is -0.374 e. The largest absolute Gasteiger partial charge is 0.374 e. The van der Waals surface area contributed by atoms with Crippen LogP contribution in [0.15, 0.2) is 16.6 Å². The van der Waals surface area contributed by atoms with Gasteiger partial charge in [-0.3, -0.25) is 4.79 Å². The lowest BCUT2D eigenvalue weighted by molar-refractivity contribution is -0.121. The average molecular weight is 344 g/mol. The van der Waals surface area contributed by atoms with Gasteiger partial charge >= 0.3 is 0 Å². The molecule has 0 radical (unpaired) electrons. The molecule has 1 heterocycles. The van der Waals surface area contributed by atoms with E-state index < -0.39 is 0 Å². The van der Waals surface area contributed by atoms with Crippen molar-refractivity contribution in [3.63, 3.8) is 0 Å². The number of rotatable bonds is 2. The van der Waals surface area contributed by atoms with Crippen LogP contribution < -0.4 is 5.32 Å². The Hall–Kier alpha value is -0.940. The zero-order valence-electron chi connectivity index (χ0n) is 12.0. The van der Waals surface area contributed by atoms with Gasteiger partial charge in [0.05, 0.1) is 22.6 Å². The highest BCUT2D eigenvalue weighted by molar-refractivity contribution is 9.10. The van der Waals surface area contributed by atoms with E-state index in [9.17, 15) is 9.18 Å². The highest BCUT2D eigenvalue weighted by Gasteiger charge is 2.41. The number of hydrogen-bond acceptors (Lipinski definition) is 2. The van der Waals surface area contributed by atoms with E-state index in [1.807, 2.05) is 27.7 Å². The molecule has 1 saturated heterocycles. The van der Waals surface area contributed by atoms with Crippen LogP contribution in [0.2, 0.25) is 0 Å². The van der Waals surface area contributed by atoms with Crippen molar-refractivity contribution in [2.75, 3.05) is 5.32 Å². The van der Waals surface area contributed by atoms with E-state index in [0.29, 0.717) is 10.2 Å². The van der Waals surface area contributed by atoms with Crippen molar-refractivity contribution in [2.45, 2.75) is 39.9 Å². The molecular weight excluding hydrogens is 325 g/mol. The van der Waals surface area contributed by atoms with Crippen LogP contribution in [0.25, 0.3) is 0 Å². The van der Waals surface area contributed by atoms with Crippen LogP contribution in [-0.4, -0.2) is 18.1 Å². The number of anilines is 1. The number of ether oxygens (including phenoxy) is 1. The Bertz CT molecular complexity index is 535. The van der Waals surface area contributed by atoms with Crippen LogP contribution in [0.4, 0.5) is 10.1 Å². The second-order valence-electron chi connectivity index (χ2n) is 5.50. The lowest BCUT2D eigenvalue weighted by Gasteiger charge is -2.19. The predicted molar refractivity (Wildman–Crippen MR) is 80.1 cm³/mol. The van der Waals surface area contributed by atoms with Gasteiger partial charge < -0.3 is 10.1 Å². The Labute approximate surface area is 127 Å². The fourth-order valence-corrected chi connectivity index (χ4v) is 3.17. The predicted octanol–water partition coefficient (Wildman–Crippen LogP) is 3.89. The van der Waals surface area contributed by atoms with Crippen LogP contribution >= 0.6 is 15.9 Å². The molecule has 5 heteroatoms. The van der Waals surface area contributed by atoms with E-state index >= 15 is 0 Å². The zero-order valence-corrected chi connectivity index (χ0v) is 13.6. The summed E-state index contributed by atoms with van der Waals surface area (Å²) >= 11 is 3.13. The van der Waals surface area contributed by atoms with Gasteiger partial charge in [-0.1, -0.05) is 6.92 Å². The van der Waals surface area contributed by atoms with Gasteiger partial charge in [-0.05, 0) is 60.3 Å². The van der Waals surface area contributed by atoms with Crippen LogP contribution in [-0.2, 0) is 9.53 Å². The molecule has 3 nitrogen and oxygen atoms in total. The third-order valence-electron chi connectivity index (χ3n) is 4.07. The summed E-state index contributed by atoms with van der Waals surface area (Å²) in [6, 6.07) is 3.00. The summed E-state index contributed by atoms with van der Waals surface area (Å²) in [5.74, 6) is -0.566. The molecule has 110 valence electrons. The molecule has 1 aliphatic heterocycles. The number of carbonyl (C=O) groups is 1. The molecule has 1 amide bonds. The third kappa shape index (κ3) is 2.88. The summed E-state index contributed by atoms with van der Waals surface area (Å²) in [4.78, 5) is 12.4. The van der Waals surface area contributed by atoms with E-state index in [2.05, 4.69) is 21.2 Å². The maximum atomic E-state index is 13.6. The number of amides is 1. The fourth-order valence-electron chi connectivity index (χ4n) is 2.72. The molecule has 2 rings (SSSR count). The Kier molecular flexibility index (Phi) is 4.49. The topological polar surface area (TPSA) is 38.3 Å². The number of halogens is 2. The first-order chi connectivity index (χ1) is 9.31. The first-order valence-corrected chi connectivity index (χ1v) is 7.52. The average Bonchev–Trinajstić information content (AvgIpc) is 2.60. The summed E-state index contributed by atoms with van der Waals surface area (Å²) in [5.41, 5.74) is 1.33. The number of nitrogens with one attached hydrogen (secondary N) is 1. The number of hydrogen-bond donors (Lipinski definition) is 1. The second kappa shape index (κ2) is 5.82. The molecule has 0 aliphatic carbocycles. The molecule has 0 aromatic heterocycles. The van der Waals surface area contributed by atoms with Crippen molar-refractivity contribution < 1.29 is 13.9 Å². The van der Waals surface area contributed by atoms with Crippen LogP contribution in [0.1, 0.15) is 26.3 Å². The number of carbonyl (C=O) groups excluding carboxylic acids is 1. The van der Waals surface area contributed by atoms with Gasteiger partial charge in [0.25, 0.3) is 0 Å². The molecule has 1 aromatic carbocycles. The molecule has 0 saturated carbocycles. The molecule has 1 fully saturated rings. The molecular formula is C15H19BrFNO2. The van der Waals surface area contributed by atoms with Crippen molar-refractivity contribution in [3.05, 3.63) is 28.0 Å². The smallest absolute Gasteiger partial charge is 0.230 e. The Morgan fingerprint density at radius 3 is 2.50 bits per heavy atom. The normalized spacial score (nSPS) is 29.5. The second-order valence-corrected chi connectivity index (χ2v) is 6.36. The van der Waals surface area contributed by atoms with Crippen LogP contribution in [0.5, 0.6) is 0 Å². The molecule has 4 unspecified atom stereocenters. The van der Waals surface area contributed by atoms with Gasteiger partial charge in [0.2, 0.25) is 5.91 Å². The Balaban J connectivity index is 2.18. The van der Waals surface area contributed by atoms with Crippen molar-refractivity contribution in [1.82, 2.24) is 0 Å². The highest BCUT2D eigenvalue weighted by atomic mass is 79.9. The summed E-state index contributed by atoms with van der Waals surface area (Å²) < 4.78 is 19.7. The van der Waals surface area contributed by atoms with Crippen molar-refractivity contribution >= 4 is 27.5 Å². The van der Waals surface area contributed by atoms with E-state index in [-0.39, 0.29) is 35.8 Å². The summed E-state index contributed by atoms with van der Waals surface area (Å²) in [6.45, 7) is 7.71. The first kappa shape index (κ1) is 15.4. The maximum Gasteiger partial charge on any atom is 0.230 e. The molecule has 0 bridgehead atoms. The molecule has 4 atom stereocenters. The number of benzene rings is 1. The van der Waals surface area contributed by atoms with Gasteiger partial charge in [-0.25, -0.2) is 4.39 Å². The van der Waals surface area contributed by atoms with E-state index in [1.165, 1.54) is 6.07 Å². The third-order valence-corrected chi connectivity index (χ3v) is 4.68. The van der Waals surface area contributed by atoms with E-state index in [1.54, 1.807) is 6.07 Å².